The number of hydrogen-bond donors (Lipinski definition) is 2. The van der Waals surface area contributed by atoms with Crippen LogP contribution in [-0.4, -0.2) is 48.8 Å². The maximum absolute atomic E-state index is 13.0. The van der Waals surface area contributed by atoms with Gasteiger partial charge in [0.25, 0.3) is 0 Å². The van der Waals surface area contributed by atoms with Crippen molar-refractivity contribution in [2.75, 3.05) is 20.3 Å². The summed E-state index contributed by atoms with van der Waals surface area (Å²) in [6.07, 6.45) is -1.76. The van der Waals surface area contributed by atoms with Crippen molar-refractivity contribution in [3.05, 3.63) is 40.3 Å². The first-order chi connectivity index (χ1) is 10.5. The van der Waals surface area contributed by atoms with Crippen LogP contribution in [0.15, 0.2) is 23.3 Å². The van der Waals surface area contributed by atoms with Crippen molar-refractivity contribution in [3.8, 4) is 5.75 Å². The van der Waals surface area contributed by atoms with Crippen molar-refractivity contribution in [1.29, 1.82) is 0 Å². The van der Waals surface area contributed by atoms with Crippen LogP contribution in [0.4, 0.5) is 8.78 Å². The second-order valence-electron chi connectivity index (χ2n) is 4.53. The van der Waals surface area contributed by atoms with Gasteiger partial charge in [-0.3, -0.25) is 0 Å². The molecule has 3 atom stereocenters. The first kappa shape index (κ1) is 18.1. The lowest BCUT2D eigenvalue weighted by Gasteiger charge is -2.22. The molecule has 9 heteroatoms. The normalized spacial score (nSPS) is 14.8. The minimum absolute atomic E-state index is 0.0115. The lowest BCUT2D eigenvalue weighted by molar-refractivity contribution is -0.000617. The number of ether oxygens (including phenoxy) is 2. The largest absolute Gasteiger partial charge is 0.493 e. The van der Waals surface area contributed by atoms with Crippen molar-refractivity contribution >= 4 is 0 Å². The summed E-state index contributed by atoms with van der Waals surface area (Å²) in [5, 5.41) is 22.4. The number of hydrogen-bond acceptors (Lipinski definition) is 5. The molecule has 0 saturated heterocycles. The third-order valence-electron chi connectivity index (χ3n) is 2.94. The molecule has 122 valence electrons. The summed E-state index contributed by atoms with van der Waals surface area (Å²) in [7, 11) is 1.36. The molecule has 0 aliphatic rings. The molecular formula is C13H17F2N3O4. The van der Waals surface area contributed by atoms with Gasteiger partial charge in [-0.1, -0.05) is 5.11 Å². The highest BCUT2D eigenvalue weighted by Gasteiger charge is 2.23. The number of methoxy groups -OCH3 is 1. The number of benzene rings is 1. The lowest BCUT2D eigenvalue weighted by Crippen LogP contribution is -2.34. The number of azide groups is 1. The summed E-state index contributed by atoms with van der Waals surface area (Å²) >= 11 is 0. The van der Waals surface area contributed by atoms with Crippen LogP contribution in [0, 0.1) is 11.6 Å². The average molecular weight is 317 g/mol. The third kappa shape index (κ3) is 5.82. The van der Waals surface area contributed by atoms with E-state index in [9.17, 15) is 13.9 Å². The molecule has 0 saturated carbocycles. The van der Waals surface area contributed by atoms with Gasteiger partial charge in [-0.15, -0.1) is 0 Å². The van der Waals surface area contributed by atoms with Crippen LogP contribution in [0.1, 0.15) is 6.42 Å². The summed E-state index contributed by atoms with van der Waals surface area (Å²) in [4.78, 5) is 2.60. The molecule has 2 N–H and O–H groups in total. The molecule has 1 aromatic rings. The first-order valence-electron chi connectivity index (χ1n) is 6.45. The maximum atomic E-state index is 13.0. The minimum Gasteiger partial charge on any atom is -0.493 e. The van der Waals surface area contributed by atoms with Crippen molar-refractivity contribution < 1.29 is 28.5 Å². The number of nitrogens with zero attached hydrogens (tertiary/aromatic N) is 3. The van der Waals surface area contributed by atoms with Crippen LogP contribution in [-0.2, 0) is 4.74 Å². The Kier molecular flexibility index (Phi) is 7.55. The first-order valence-corrected chi connectivity index (χ1v) is 6.45. The third-order valence-corrected chi connectivity index (χ3v) is 2.94. The number of rotatable bonds is 9. The van der Waals surface area contributed by atoms with E-state index in [1.807, 2.05) is 0 Å². The van der Waals surface area contributed by atoms with Crippen LogP contribution in [0.25, 0.3) is 10.4 Å². The van der Waals surface area contributed by atoms with E-state index >= 15 is 0 Å². The Morgan fingerprint density at radius 3 is 2.45 bits per heavy atom. The zero-order valence-corrected chi connectivity index (χ0v) is 11.9. The minimum atomic E-state index is -1.15. The van der Waals surface area contributed by atoms with Gasteiger partial charge >= 0.3 is 0 Å². The van der Waals surface area contributed by atoms with E-state index < -0.39 is 29.9 Å². The Morgan fingerprint density at radius 1 is 1.32 bits per heavy atom. The van der Waals surface area contributed by atoms with Crippen LogP contribution in [0.3, 0.4) is 0 Å². The monoisotopic (exact) mass is 317 g/mol. The Balaban J connectivity index is 2.69. The van der Waals surface area contributed by atoms with Gasteiger partial charge in [0, 0.05) is 36.6 Å². The fourth-order valence-corrected chi connectivity index (χ4v) is 1.75. The zero-order valence-electron chi connectivity index (χ0n) is 11.9. The number of aliphatic hydroxyl groups excluding tert-OH is 2. The smallest absolute Gasteiger partial charge is 0.129 e. The second-order valence-corrected chi connectivity index (χ2v) is 4.53. The summed E-state index contributed by atoms with van der Waals surface area (Å²) in [5.41, 5.74) is 8.51. The van der Waals surface area contributed by atoms with Crippen molar-refractivity contribution in [2.45, 2.75) is 24.7 Å². The molecule has 1 rings (SSSR count). The van der Waals surface area contributed by atoms with E-state index in [1.54, 1.807) is 0 Å². The average Bonchev–Trinajstić information content (AvgIpc) is 2.47. The van der Waals surface area contributed by atoms with Gasteiger partial charge in [-0.25, -0.2) is 8.78 Å². The predicted octanol–water partition coefficient (Wildman–Crippen LogP) is 1.78. The predicted molar refractivity (Wildman–Crippen MR) is 73.3 cm³/mol. The quantitative estimate of drug-likeness (QED) is 0.411. The van der Waals surface area contributed by atoms with Crippen LogP contribution < -0.4 is 4.74 Å². The highest BCUT2D eigenvalue weighted by molar-refractivity contribution is 5.23. The SMILES string of the molecule is CO[C@@H](CO)C[C@H](O)[C@H](COc1cc(F)cc(F)c1)N=[N+]=[N-]. The number of halogens is 2. The van der Waals surface area contributed by atoms with E-state index in [0.717, 1.165) is 12.1 Å². The second kappa shape index (κ2) is 9.16. The molecule has 0 heterocycles. The van der Waals surface area contributed by atoms with E-state index in [0.29, 0.717) is 6.07 Å². The fourth-order valence-electron chi connectivity index (χ4n) is 1.75. The Labute approximate surface area is 125 Å². The fraction of sp³-hybridized carbons (Fsp3) is 0.538. The van der Waals surface area contributed by atoms with E-state index in [2.05, 4.69) is 10.0 Å². The molecule has 0 radical (unpaired) electrons. The Morgan fingerprint density at radius 2 is 1.95 bits per heavy atom. The molecule has 0 fully saturated rings. The summed E-state index contributed by atoms with van der Waals surface area (Å²) in [6, 6.07) is 1.63. The van der Waals surface area contributed by atoms with E-state index in [1.165, 1.54) is 7.11 Å². The molecule has 22 heavy (non-hydrogen) atoms. The van der Waals surface area contributed by atoms with Gasteiger partial charge in [-0.05, 0) is 5.53 Å². The highest BCUT2D eigenvalue weighted by atomic mass is 19.1. The zero-order chi connectivity index (χ0) is 16.5. The number of aliphatic hydroxyl groups is 2. The van der Waals surface area contributed by atoms with Gasteiger partial charge in [-0.2, -0.15) is 0 Å². The van der Waals surface area contributed by atoms with Gasteiger partial charge in [0.15, 0.2) is 0 Å². The molecule has 0 bridgehead atoms. The van der Waals surface area contributed by atoms with E-state index in [-0.39, 0.29) is 25.4 Å². The van der Waals surface area contributed by atoms with Gasteiger partial charge in [0.05, 0.1) is 31.5 Å². The van der Waals surface area contributed by atoms with Crippen LogP contribution in [0.2, 0.25) is 0 Å². The molecular weight excluding hydrogens is 300 g/mol. The standard InChI is InChI=1S/C13H17F2N3O4/c1-21-11(6-19)5-13(20)12(17-18-16)7-22-10-3-8(14)2-9(15)4-10/h2-4,11-13,19-20H,5-7H2,1H3/t11-,12+,13+/m1/s1. The molecule has 0 unspecified atom stereocenters. The van der Waals surface area contributed by atoms with Crippen molar-refractivity contribution in [2.24, 2.45) is 5.11 Å². The Bertz CT molecular complexity index is 502. The lowest BCUT2D eigenvalue weighted by atomic mass is 10.1. The highest BCUT2D eigenvalue weighted by Crippen LogP contribution is 2.17. The summed E-state index contributed by atoms with van der Waals surface area (Å²) in [6.45, 7) is -0.595. The van der Waals surface area contributed by atoms with Gasteiger partial charge in [0.2, 0.25) is 0 Å². The van der Waals surface area contributed by atoms with Crippen LogP contribution >= 0.6 is 0 Å². The molecule has 0 amide bonds. The molecule has 0 aliphatic heterocycles. The molecule has 0 aromatic heterocycles. The maximum Gasteiger partial charge on any atom is 0.129 e. The molecule has 1 aromatic carbocycles. The topological polar surface area (TPSA) is 108 Å². The molecule has 0 spiro atoms. The van der Waals surface area contributed by atoms with Crippen molar-refractivity contribution in [3.63, 3.8) is 0 Å². The van der Waals surface area contributed by atoms with Gasteiger partial charge in [0.1, 0.15) is 17.4 Å². The van der Waals surface area contributed by atoms with Crippen LogP contribution in [0.5, 0.6) is 5.75 Å². The summed E-state index contributed by atoms with van der Waals surface area (Å²) < 4.78 is 36.1. The van der Waals surface area contributed by atoms with Crippen molar-refractivity contribution in [1.82, 2.24) is 0 Å². The van der Waals surface area contributed by atoms with E-state index in [4.69, 9.17) is 20.1 Å². The Hall–Kier alpha value is -1.93. The molecule has 0 aliphatic carbocycles. The summed E-state index contributed by atoms with van der Waals surface area (Å²) in [5.74, 6) is -1.71. The van der Waals surface area contributed by atoms with Gasteiger partial charge < -0.3 is 19.7 Å². The molecule has 7 nitrogen and oxygen atoms in total.